The Balaban J connectivity index is 2.03. The number of para-hydroxylation sites is 2. The Labute approximate surface area is 114 Å². The molecule has 100 valence electrons. The van der Waals surface area contributed by atoms with E-state index in [-0.39, 0.29) is 0 Å². The molecule has 0 saturated heterocycles. The minimum absolute atomic E-state index is 0.540. The first-order valence-corrected chi connectivity index (χ1v) is 6.31. The van der Waals surface area contributed by atoms with Crippen LogP contribution < -0.4 is 14.8 Å². The van der Waals surface area contributed by atoms with Crippen molar-refractivity contribution < 1.29 is 9.47 Å². The number of methoxy groups -OCH3 is 1. The van der Waals surface area contributed by atoms with Gasteiger partial charge in [-0.2, -0.15) is 0 Å². The molecule has 0 atom stereocenters. The molecule has 0 amide bonds. The maximum atomic E-state index is 5.80. The Kier molecular flexibility index (Phi) is 4.81. The highest BCUT2D eigenvalue weighted by atomic mass is 16.5. The van der Waals surface area contributed by atoms with Crippen LogP contribution in [-0.2, 0) is 13.2 Å². The van der Waals surface area contributed by atoms with E-state index in [0.717, 1.165) is 23.6 Å². The van der Waals surface area contributed by atoms with Gasteiger partial charge in [-0.15, -0.1) is 0 Å². The van der Waals surface area contributed by atoms with E-state index < -0.39 is 0 Å². The van der Waals surface area contributed by atoms with Gasteiger partial charge in [0, 0.05) is 6.54 Å². The van der Waals surface area contributed by atoms with Gasteiger partial charge in [0.2, 0.25) is 0 Å². The van der Waals surface area contributed by atoms with Crippen molar-refractivity contribution in [3.05, 3.63) is 59.7 Å². The van der Waals surface area contributed by atoms with Gasteiger partial charge in [-0.3, -0.25) is 0 Å². The molecular formula is C16H19NO2. The zero-order chi connectivity index (χ0) is 13.5. The van der Waals surface area contributed by atoms with Crippen molar-refractivity contribution in [2.75, 3.05) is 14.2 Å². The summed E-state index contributed by atoms with van der Waals surface area (Å²) in [5.41, 5.74) is 2.40. The summed E-state index contributed by atoms with van der Waals surface area (Å²) >= 11 is 0. The second-order valence-corrected chi connectivity index (χ2v) is 4.29. The summed E-state index contributed by atoms with van der Waals surface area (Å²) in [5.74, 6) is 1.53. The molecule has 0 saturated carbocycles. The van der Waals surface area contributed by atoms with Crippen molar-refractivity contribution in [2.45, 2.75) is 13.2 Å². The molecule has 3 nitrogen and oxygen atoms in total. The predicted octanol–water partition coefficient (Wildman–Crippen LogP) is 2.99. The number of ether oxygens (including phenoxy) is 2. The Morgan fingerprint density at radius 1 is 0.947 bits per heavy atom. The van der Waals surface area contributed by atoms with Crippen LogP contribution in [0, 0.1) is 0 Å². The zero-order valence-corrected chi connectivity index (χ0v) is 11.3. The van der Waals surface area contributed by atoms with Crippen molar-refractivity contribution in [1.29, 1.82) is 0 Å². The van der Waals surface area contributed by atoms with Gasteiger partial charge < -0.3 is 14.8 Å². The first-order chi connectivity index (χ1) is 9.33. The molecule has 0 aromatic heterocycles. The topological polar surface area (TPSA) is 30.5 Å². The Morgan fingerprint density at radius 3 is 2.42 bits per heavy atom. The quantitative estimate of drug-likeness (QED) is 0.863. The standard InChI is InChI=1S/C16H19NO2/c1-17-11-13-6-5-7-14(10-13)12-19-16-9-4-3-8-15(16)18-2/h3-10,17H,11-12H2,1-2H3. The van der Waals surface area contributed by atoms with Crippen LogP contribution in [0.2, 0.25) is 0 Å². The first kappa shape index (κ1) is 13.4. The molecule has 2 rings (SSSR count). The fraction of sp³-hybridized carbons (Fsp3) is 0.250. The Bertz CT molecular complexity index is 526. The number of hydrogen-bond donors (Lipinski definition) is 1. The lowest BCUT2D eigenvalue weighted by Gasteiger charge is -2.11. The average molecular weight is 257 g/mol. The van der Waals surface area contributed by atoms with Gasteiger partial charge in [-0.1, -0.05) is 36.4 Å². The summed E-state index contributed by atoms with van der Waals surface area (Å²) in [6, 6.07) is 16.0. The van der Waals surface area contributed by atoms with E-state index in [1.165, 1.54) is 5.56 Å². The Hall–Kier alpha value is -2.00. The lowest BCUT2D eigenvalue weighted by atomic mass is 10.1. The SMILES string of the molecule is CNCc1cccc(COc2ccccc2OC)c1. The fourth-order valence-corrected chi connectivity index (χ4v) is 1.93. The minimum Gasteiger partial charge on any atom is -0.493 e. The van der Waals surface area contributed by atoms with Crippen molar-refractivity contribution in [2.24, 2.45) is 0 Å². The maximum Gasteiger partial charge on any atom is 0.161 e. The molecule has 0 heterocycles. The van der Waals surface area contributed by atoms with Gasteiger partial charge in [0.05, 0.1) is 7.11 Å². The van der Waals surface area contributed by atoms with Gasteiger partial charge in [-0.05, 0) is 30.3 Å². The molecule has 1 N–H and O–H groups in total. The predicted molar refractivity (Wildman–Crippen MR) is 76.5 cm³/mol. The number of hydrogen-bond acceptors (Lipinski definition) is 3. The molecule has 0 aliphatic carbocycles. The summed E-state index contributed by atoms with van der Waals surface area (Å²) in [7, 11) is 3.59. The highest BCUT2D eigenvalue weighted by molar-refractivity contribution is 5.39. The van der Waals surface area contributed by atoms with E-state index in [2.05, 4.69) is 23.5 Å². The van der Waals surface area contributed by atoms with Gasteiger partial charge in [0.15, 0.2) is 11.5 Å². The van der Waals surface area contributed by atoms with Gasteiger partial charge in [0.1, 0.15) is 6.61 Å². The van der Waals surface area contributed by atoms with E-state index in [1.54, 1.807) is 7.11 Å². The van der Waals surface area contributed by atoms with Crippen LogP contribution in [0.4, 0.5) is 0 Å². The molecule has 2 aromatic rings. The normalized spacial score (nSPS) is 10.2. The molecule has 19 heavy (non-hydrogen) atoms. The van der Waals surface area contributed by atoms with Gasteiger partial charge in [0.25, 0.3) is 0 Å². The summed E-state index contributed by atoms with van der Waals surface area (Å²) in [4.78, 5) is 0. The van der Waals surface area contributed by atoms with Gasteiger partial charge in [-0.25, -0.2) is 0 Å². The summed E-state index contributed by atoms with van der Waals surface area (Å²) in [6.07, 6.45) is 0. The lowest BCUT2D eigenvalue weighted by Crippen LogP contribution is -2.05. The second-order valence-electron chi connectivity index (χ2n) is 4.29. The summed E-state index contributed by atoms with van der Waals surface area (Å²) in [6.45, 7) is 1.40. The highest BCUT2D eigenvalue weighted by Crippen LogP contribution is 2.26. The van der Waals surface area contributed by atoms with Crippen LogP contribution in [0.3, 0.4) is 0 Å². The molecule has 0 unspecified atom stereocenters. The van der Waals surface area contributed by atoms with E-state index in [1.807, 2.05) is 37.4 Å². The van der Waals surface area contributed by atoms with Gasteiger partial charge >= 0.3 is 0 Å². The summed E-state index contributed by atoms with van der Waals surface area (Å²) in [5, 5.41) is 3.14. The average Bonchev–Trinajstić information content (AvgIpc) is 2.46. The van der Waals surface area contributed by atoms with Crippen molar-refractivity contribution in [3.8, 4) is 11.5 Å². The lowest BCUT2D eigenvalue weighted by molar-refractivity contribution is 0.284. The number of nitrogens with one attached hydrogen (secondary N) is 1. The van der Waals surface area contributed by atoms with E-state index in [4.69, 9.17) is 9.47 Å². The van der Waals surface area contributed by atoms with Crippen LogP contribution in [0.1, 0.15) is 11.1 Å². The molecule has 0 spiro atoms. The van der Waals surface area contributed by atoms with Crippen molar-refractivity contribution in [3.63, 3.8) is 0 Å². The largest absolute Gasteiger partial charge is 0.493 e. The Morgan fingerprint density at radius 2 is 1.68 bits per heavy atom. The fourth-order valence-electron chi connectivity index (χ4n) is 1.93. The van der Waals surface area contributed by atoms with Crippen LogP contribution >= 0.6 is 0 Å². The van der Waals surface area contributed by atoms with Crippen LogP contribution in [0.5, 0.6) is 11.5 Å². The highest BCUT2D eigenvalue weighted by Gasteiger charge is 2.03. The molecule has 0 radical (unpaired) electrons. The minimum atomic E-state index is 0.540. The number of rotatable bonds is 6. The molecular weight excluding hydrogens is 238 g/mol. The number of benzene rings is 2. The molecule has 0 fully saturated rings. The molecule has 0 aliphatic heterocycles. The monoisotopic (exact) mass is 257 g/mol. The molecule has 3 heteroatoms. The van der Waals surface area contributed by atoms with Crippen LogP contribution in [0.15, 0.2) is 48.5 Å². The van der Waals surface area contributed by atoms with Crippen LogP contribution in [-0.4, -0.2) is 14.2 Å². The van der Waals surface area contributed by atoms with E-state index >= 15 is 0 Å². The maximum absolute atomic E-state index is 5.80. The zero-order valence-electron chi connectivity index (χ0n) is 11.3. The van der Waals surface area contributed by atoms with Crippen molar-refractivity contribution >= 4 is 0 Å². The van der Waals surface area contributed by atoms with E-state index in [9.17, 15) is 0 Å². The molecule has 0 bridgehead atoms. The molecule has 0 aliphatic rings. The van der Waals surface area contributed by atoms with Crippen LogP contribution in [0.25, 0.3) is 0 Å². The second kappa shape index (κ2) is 6.81. The smallest absolute Gasteiger partial charge is 0.161 e. The third-order valence-corrected chi connectivity index (χ3v) is 2.84. The first-order valence-electron chi connectivity index (χ1n) is 6.31. The molecule has 2 aromatic carbocycles. The van der Waals surface area contributed by atoms with Crippen molar-refractivity contribution in [1.82, 2.24) is 5.32 Å². The third-order valence-electron chi connectivity index (χ3n) is 2.84. The van der Waals surface area contributed by atoms with E-state index in [0.29, 0.717) is 6.61 Å². The third kappa shape index (κ3) is 3.73. The summed E-state index contributed by atoms with van der Waals surface area (Å²) < 4.78 is 11.1.